The van der Waals surface area contributed by atoms with Gasteiger partial charge < -0.3 is 10.1 Å². The monoisotopic (exact) mass is 395 g/mol. The van der Waals surface area contributed by atoms with Crippen LogP contribution in [0, 0.1) is 5.92 Å². The van der Waals surface area contributed by atoms with Gasteiger partial charge in [-0.25, -0.2) is 0 Å². The Morgan fingerprint density at radius 2 is 1.32 bits per heavy atom. The highest BCUT2D eigenvalue weighted by molar-refractivity contribution is 5.71. The van der Waals surface area contributed by atoms with Crippen LogP contribution < -0.4 is 5.32 Å². The molecule has 0 amide bonds. The van der Waals surface area contributed by atoms with E-state index in [4.69, 9.17) is 4.74 Å². The minimum Gasteiger partial charge on any atom is -0.469 e. The van der Waals surface area contributed by atoms with Gasteiger partial charge in [0.1, 0.15) is 0 Å². The summed E-state index contributed by atoms with van der Waals surface area (Å²) < 4.78 is 4.73. The van der Waals surface area contributed by atoms with Crippen LogP contribution in [-0.4, -0.2) is 19.6 Å². The van der Waals surface area contributed by atoms with Crippen LogP contribution in [0.2, 0.25) is 0 Å². The van der Waals surface area contributed by atoms with Gasteiger partial charge in [0, 0.05) is 6.54 Å². The molecule has 1 N–H and O–H groups in total. The summed E-state index contributed by atoms with van der Waals surface area (Å²) in [6.45, 7) is 5.14. The third-order valence-corrected chi connectivity index (χ3v) is 5.52. The van der Waals surface area contributed by atoms with Crippen molar-refractivity contribution in [2.45, 2.75) is 123 Å². The number of rotatable bonds is 21. The summed E-state index contributed by atoms with van der Waals surface area (Å²) in [5.74, 6) is -0.0975. The van der Waals surface area contributed by atoms with Crippen LogP contribution in [0.25, 0.3) is 0 Å². The topological polar surface area (TPSA) is 38.3 Å². The predicted octanol–water partition coefficient (Wildman–Crippen LogP) is 7.55. The van der Waals surface area contributed by atoms with Crippen molar-refractivity contribution in [2.24, 2.45) is 5.92 Å². The SMILES string of the molecule is CCCCCCCCCCCCCCCCC=CNCCCC(C)C(=O)OC. The molecule has 0 fully saturated rings. The fourth-order valence-electron chi connectivity index (χ4n) is 3.54. The summed E-state index contributed by atoms with van der Waals surface area (Å²) in [5.41, 5.74) is 0. The molecular formula is C25H49NO2. The number of hydrogen-bond donors (Lipinski definition) is 1. The Kier molecular flexibility index (Phi) is 21.5. The standard InChI is InChI=1S/C25H49NO2/c1-4-5-6-7-8-9-10-11-12-13-14-15-16-17-18-19-22-26-23-20-21-24(2)25(27)28-3/h19,22,24,26H,4-18,20-21,23H2,1-3H3. The molecule has 0 bridgehead atoms. The molecular weight excluding hydrogens is 346 g/mol. The molecule has 0 aliphatic heterocycles. The zero-order chi connectivity index (χ0) is 20.7. The Labute approximate surface area is 176 Å². The molecule has 0 aromatic heterocycles. The number of carbonyl (C=O) groups is 1. The number of hydrogen-bond acceptors (Lipinski definition) is 3. The number of esters is 1. The molecule has 1 unspecified atom stereocenters. The third-order valence-electron chi connectivity index (χ3n) is 5.52. The van der Waals surface area contributed by atoms with Crippen molar-refractivity contribution in [3.05, 3.63) is 12.3 Å². The van der Waals surface area contributed by atoms with Crippen molar-refractivity contribution in [2.75, 3.05) is 13.7 Å². The van der Waals surface area contributed by atoms with Crippen molar-refractivity contribution in [1.82, 2.24) is 5.32 Å². The van der Waals surface area contributed by atoms with E-state index in [1.54, 1.807) is 0 Å². The lowest BCUT2D eigenvalue weighted by molar-refractivity contribution is -0.145. The number of carbonyl (C=O) groups excluding carboxylic acids is 1. The molecule has 28 heavy (non-hydrogen) atoms. The zero-order valence-electron chi connectivity index (χ0n) is 19.3. The Hall–Kier alpha value is -0.990. The van der Waals surface area contributed by atoms with Crippen LogP contribution in [0.4, 0.5) is 0 Å². The quantitative estimate of drug-likeness (QED) is 0.161. The van der Waals surface area contributed by atoms with Crippen LogP contribution in [-0.2, 0) is 9.53 Å². The maximum atomic E-state index is 11.3. The average Bonchev–Trinajstić information content (AvgIpc) is 2.71. The normalized spacial score (nSPS) is 12.4. The molecule has 0 rings (SSSR count). The highest BCUT2D eigenvalue weighted by Crippen LogP contribution is 2.13. The van der Waals surface area contributed by atoms with Gasteiger partial charge in [-0.15, -0.1) is 0 Å². The summed E-state index contributed by atoms with van der Waals surface area (Å²) in [6, 6.07) is 0. The van der Waals surface area contributed by atoms with E-state index < -0.39 is 0 Å². The molecule has 0 spiro atoms. The first-order valence-electron chi connectivity index (χ1n) is 12.2. The van der Waals surface area contributed by atoms with Crippen LogP contribution in [0.3, 0.4) is 0 Å². The largest absolute Gasteiger partial charge is 0.469 e. The van der Waals surface area contributed by atoms with Gasteiger partial charge in [-0.05, 0) is 31.9 Å². The highest BCUT2D eigenvalue weighted by atomic mass is 16.5. The van der Waals surface area contributed by atoms with E-state index in [0.717, 1.165) is 19.4 Å². The minimum atomic E-state index is -0.103. The van der Waals surface area contributed by atoms with Gasteiger partial charge in [-0.1, -0.05) is 103 Å². The number of nitrogens with one attached hydrogen (secondary N) is 1. The number of ether oxygens (including phenoxy) is 1. The molecule has 0 aliphatic rings. The highest BCUT2D eigenvalue weighted by Gasteiger charge is 2.11. The van der Waals surface area contributed by atoms with Crippen LogP contribution in [0.15, 0.2) is 12.3 Å². The number of allylic oxidation sites excluding steroid dienone is 1. The van der Waals surface area contributed by atoms with E-state index in [0.29, 0.717) is 0 Å². The second-order valence-electron chi connectivity index (χ2n) is 8.31. The first-order chi connectivity index (χ1) is 13.7. The van der Waals surface area contributed by atoms with Crippen molar-refractivity contribution in [3.8, 4) is 0 Å². The van der Waals surface area contributed by atoms with Crippen molar-refractivity contribution >= 4 is 5.97 Å². The lowest BCUT2D eigenvalue weighted by atomic mass is 10.0. The van der Waals surface area contributed by atoms with Crippen molar-refractivity contribution < 1.29 is 9.53 Å². The first-order valence-corrected chi connectivity index (χ1v) is 12.2. The van der Waals surface area contributed by atoms with E-state index in [9.17, 15) is 4.79 Å². The summed E-state index contributed by atoms with van der Waals surface area (Å²) in [6.07, 6.45) is 27.2. The van der Waals surface area contributed by atoms with E-state index in [-0.39, 0.29) is 11.9 Å². The van der Waals surface area contributed by atoms with E-state index in [1.807, 2.05) is 6.92 Å². The number of unbranched alkanes of at least 4 members (excludes halogenated alkanes) is 14. The Balaban J connectivity index is 3.17. The van der Waals surface area contributed by atoms with Gasteiger partial charge in [-0.2, -0.15) is 0 Å². The fourth-order valence-corrected chi connectivity index (χ4v) is 3.54. The fraction of sp³-hybridized carbons (Fsp3) is 0.880. The lowest BCUT2D eigenvalue weighted by Crippen LogP contribution is -2.15. The molecule has 0 aromatic rings. The molecule has 1 atom stereocenters. The molecule has 0 heterocycles. The Morgan fingerprint density at radius 3 is 1.82 bits per heavy atom. The maximum Gasteiger partial charge on any atom is 0.308 e. The molecule has 0 radical (unpaired) electrons. The predicted molar refractivity (Wildman–Crippen MR) is 122 cm³/mol. The molecule has 0 saturated carbocycles. The minimum absolute atomic E-state index is 0.00586. The molecule has 0 aromatic carbocycles. The van der Waals surface area contributed by atoms with Crippen LogP contribution >= 0.6 is 0 Å². The molecule has 0 saturated heterocycles. The Bertz CT molecular complexity index is 354. The van der Waals surface area contributed by atoms with E-state index in [2.05, 4.69) is 24.5 Å². The maximum absolute atomic E-state index is 11.3. The average molecular weight is 396 g/mol. The van der Waals surface area contributed by atoms with E-state index >= 15 is 0 Å². The van der Waals surface area contributed by atoms with Gasteiger partial charge in [0.15, 0.2) is 0 Å². The summed E-state index contributed by atoms with van der Waals surface area (Å²) in [7, 11) is 1.46. The van der Waals surface area contributed by atoms with Gasteiger partial charge in [0.2, 0.25) is 0 Å². The van der Waals surface area contributed by atoms with Crippen LogP contribution in [0.5, 0.6) is 0 Å². The van der Waals surface area contributed by atoms with Gasteiger partial charge in [0.05, 0.1) is 13.0 Å². The van der Waals surface area contributed by atoms with Gasteiger partial charge in [0.25, 0.3) is 0 Å². The summed E-state index contributed by atoms with van der Waals surface area (Å²) in [5, 5.41) is 3.31. The first kappa shape index (κ1) is 27.0. The lowest BCUT2D eigenvalue weighted by Gasteiger charge is -2.08. The third kappa shape index (κ3) is 19.8. The molecule has 3 nitrogen and oxygen atoms in total. The second kappa shape index (κ2) is 22.3. The zero-order valence-corrected chi connectivity index (χ0v) is 19.3. The van der Waals surface area contributed by atoms with Crippen LogP contribution in [0.1, 0.15) is 123 Å². The second-order valence-corrected chi connectivity index (χ2v) is 8.31. The van der Waals surface area contributed by atoms with Crippen molar-refractivity contribution in [3.63, 3.8) is 0 Å². The number of methoxy groups -OCH3 is 1. The summed E-state index contributed by atoms with van der Waals surface area (Å²) in [4.78, 5) is 11.3. The Morgan fingerprint density at radius 1 is 0.821 bits per heavy atom. The van der Waals surface area contributed by atoms with Crippen molar-refractivity contribution in [1.29, 1.82) is 0 Å². The van der Waals surface area contributed by atoms with Gasteiger partial charge >= 0.3 is 5.97 Å². The molecule has 166 valence electrons. The smallest absolute Gasteiger partial charge is 0.308 e. The molecule has 0 aliphatic carbocycles. The summed E-state index contributed by atoms with van der Waals surface area (Å²) >= 11 is 0. The van der Waals surface area contributed by atoms with E-state index in [1.165, 1.54) is 103 Å². The molecule has 3 heteroatoms. The van der Waals surface area contributed by atoms with Gasteiger partial charge in [-0.3, -0.25) is 4.79 Å².